The average Bonchev–Trinajstić information content (AvgIpc) is 3.08. The fraction of sp³-hybridized carbons (Fsp3) is 0.389. The van der Waals surface area contributed by atoms with Crippen LogP contribution in [-0.4, -0.2) is 51.9 Å². The molecule has 1 atom stereocenters. The average molecular weight is 361 g/mol. The fourth-order valence-corrected chi connectivity index (χ4v) is 3.26. The molecule has 0 saturated carbocycles. The summed E-state index contributed by atoms with van der Waals surface area (Å²) in [5, 5.41) is 13.1. The lowest BCUT2D eigenvalue weighted by molar-refractivity contribution is -0.137. The first-order valence-corrected chi connectivity index (χ1v) is 8.36. The summed E-state index contributed by atoms with van der Waals surface area (Å²) in [6.45, 7) is 0.727. The van der Waals surface area contributed by atoms with Crippen LogP contribution in [0.2, 0.25) is 0 Å². The number of ether oxygens (including phenoxy) is 1. The summed E-state index contributed by atoms with van der Waals surface area (Å²) in [4.78, 5) is 25.2. The number of carboxylic acids is 1. The van der Waals surface area contributed by atoms with Crippen LogP contribution in [0.1, 0.15) is 34.8 Å². The highest BCUT2D eigenvalue weighted by Gasteiger charge is 2.30. The lowest BCUT2D eigenvalue weighted by atomic mass is 9.94. The van der Waals surface area contributed by atoms with Crippen LogP contribution < -0.4 is 4.74 Å². The van der Waals surface area contributed by atoms with Gasteiger partial charge in [0.1, 0.15) is 23.7 Å². The van der Waals surface area contributed by atoms with E-state index in [0.717, 1.165) is 18.5 Å². The Bertz CT molecular complexity index is 821. The molecule has 0 spiro atoms. The first kappa shape index (κ1) is 17.9. The van der Waals surface area contributed by atoms with E-state index in [1.807, 2.05) is 0 Å². The van der Waals surface area contributed by atoms with Crippen molar-refractivity contribution in [3.05, 3.63) is 47.5 Å². The Hall–Kier alpha value is -2.90. The maximum absolute atomic E-state index is 14.2. The van der Waals surface area contributed by atoms with Gasteiger partial charge in [-0.1, -0.05) is 6.07 Å². The molecule has 1 saturated heterocycles. The summed E-state index contributed by atoms with van der Waals surface area (Å²) in [5.74, 6) is -1.79. The van der Waals surface area contributed by atoms with Crippen molar-refractivity contribution >= 4 is 11.9 Å². The second-order valence-electron chi connectivity index (χ2n) is 6.24. The van der Waals surface area contributed by atoms with E-state index in [1.165, 1.54) is 23.9 Å². The number of halogens is 1. The van der Waals surface area contributed by atoms with E-state index in [9.17, 15) is 14.0 Å². The number of hydrogen-bond acceptors (Lipinski definition) is 4. The Labute approximate surface area is 150 Å². The van der Waals surface area contributed by atoms with E-state index in [0.29, 0.717) is 13.1 Å². The summed E-state index contributed by atoms with van der Waals surface area (Å²) in [5.41, 5.74) is 0.677. The van der Waals surface area contributed by atoms with E-state index < -0.39 is 17.7 Å². The number of likely N-dealkylation sites (tertiary alicyclic amines) is 1. The minimum absolute atomic E-state index is 0.0134. The number of rotatable bonds is 5. The van der Waals surface area contributed by atoms with Gasteiger partial charge in [-0.3, -0.25) is 14.3 Å². The molecule has 8 heteroatoms. The Morgan fingerprint density at radius 3 is 2.92 bits per heavy atom. The number of aromatic nitrogens is 2. The molecule has 3 rings (SSSR count). The molecule has 7 nitrogen and oxygen atoms in total. The molecule has 2 heterocycles. The van der Waals surface area contributed by atoms with Crippen molar-refractivity contribution in [3.63, 3.8) is 0 Å². The number of amides is 1. The highest BCUT2D eigenvalue weighted by atomic mass is 19.1. The monoisotopic (exact) mass is 361 g/mol. The van der Waals surface area contributed by atoms with Gasteiger partial charge in [0.25, 0.3) is 5.91 Å². The third-order valence-electron chi connectivity index (χ3n) is 4.49. The molecule has 1 aromatic heterocycles. The molecule has 26 heavy (non-hydrogen) atoms. The Balaban J connectivity index is 1.77. The zero-order valence-corrected chi connectivity index (χ0v) is 14.4. The first-order valence-electron chi connectivity index (χ1n) is 8.36. The number of benzene rings is 1. The molecule has 2 aromatic rings. The van der Waals surface area contributed by atoms with E-state index >= 15 is 0 Å². The smallest absolute Gasteiger partial charge is 0.325 e. The number of carboxylic acid groups (broad SMARTS) is 1. The number of carbonyl (C=O) groups excluding carboxylic acids is 1. The van der Waals surface area contributed by atoms with Gasteiger partial charge in [0, 0.05) is 25.2 Å². The van der Waals surface area contributed by atoms with Crippen LogP contribution in [0, 0.1) is 5.82 Å². The predicted molar refractivity (Wildman–Crippen MR) is 90.7 cm³/mol. The van der Waals surface area contributed by atoms with Crippen LogP contribution in [-0.2, 0) is 11.3 Å². The molecule has 1 aliphatic heterocycles. The molecule has 0 aliphatic carbocycles. The molecule has 1 fully saturated rings. The van der Waals surface area contributed by atoms with E-state index in [1.54, 1.807) is 23.2 Å². The number of carbonyl (C=O) groups is 2. The van der Waals surface area contributed by atoms with Gasteiger partial charge in [-0.2, -0.15) is 5.10 Å². The predicted octanol–water partition coefficient (Wildman–Crippen LogP) is 2.14. The van der Waals surface area contributed by atoms with Gasteiger partial charge in [0.2, 0.25) is 0 Å². The van der Waals surface area contributed by atoms with Crippen molar-refractivity contribution in [3.8, 4) is 5.75 Å². The summed E-state index contributed by atoms with van der Waals surface area (Å²) in [7, 11) is 1.40. The van der Waals surface area contributed by atoms with Crippen molar-refractivity contribution in [1.29, 1.82) is 0 Å². The second-order valence-corrected chi connectivity index (χ2v) is 6.24. The molecule has 0 radical (unpaired) electrons. The number of hydrogen-bond donors (Lipinski definition) is 1. The minimum atomic E-state index is -0.966. The van der Waals surface area contributed by atoms with Crippen LogP contribution in [0.15, 0.2) is 30.5 Å². The zero-order valence-electron chi connectivity index (χ0n) is 14.4. The maximum Gasteiger partial charge on any atom is 0.325 e. The Kier molecular flexibility index (Phi) is 5.20. The standard InChI is InChI=1S/C18H20FN3O4/c1-26-15-6-2-5-13(19)17(15)18(25)21-8-3-4-12(10-21)14-7-9-22(20-14)11-16(23)24/h2,5-7,9,12H,3-4,8,10-11H2,1H3,(H,23,24)/t12-/m1/s1. The highest BCUT2D eigenvalue weighted by Crippen LogP contribution is 2.29. The normalized spacial score (nSPS) is 17.2. The Morgan fingerprint density at radius 2 is 2.19 bits per heavy atom. The number of piperidine rings is 1. The van der Waals surface area contributed by atoms with Crippen molar-refractivity contribution in [1.82, 2.24) is 14.7 Å². The molecule has 1 amide bonds. The van der Waals surface area contributed by atoms with Gasteiger partial charge in [-0.25, -0.2) is 4.39 Å². The SMILES string of the molecule is COc1cccc(F)c1C(=O)N1CCC[C@@H](c2ccn(CC(=O)O)n2)C1. The zero-order chi connectivity index (χ0) is 18.7. The minimum Gasteiger partial charge on any atom is -0.496 e. The number of nitrogens with zero attached hydrogens (tertiary/aromatic N) is 3. The quantitative estimate of drug-likeness (QED) is 0.882. The van der Waals surface area contributed by atoms with Crippen molar-refractivity contribution in [2.75, 3.05) is 20.2 Å². The topological polar surface area (TPSA) is 84.7 Å². The van der Waals surface area contributed by atoms with Gasteiger partial charge in [0.15, 0.2) is 0 Å². The second kappa shape index (κ2) is 7.55. The first-order chi connectivity index (χ1) is 12.5. The van der Waals surface area contributed by atoms with Crippen LogP contribution in [0.5, 0.6) is 5.75 Å². The van der Waals surface area contributed by atoms with Crippen LogP contribution in [0.25, 0.3) is 0 Å². The number of aliphatic carboxylic acids is 1. The lowest BCUT2D eigenvalue weighted by Gasteiger charge is -2.32. The van der Waals surface area contributed by atoms with Crippen LogP contribution in [0.3, 0.4) is 0 Å². The lowest BCUT2D eigenvalue weighted by Crippen LogP contribution is -2.39. The van der Waals surface area contributed by atoms with Crippen LogP contribution >= 0.6 is 0 Å². The van der Waals surface area contributed by atoms with Crippen molar-refractivity contribution in [2.45, 2.75) is 25.3 Å². The summed E-state index contributed by atoms with van der Waals surface area (Å²) in [6, 6.07) is 6.07. The third kappa shape index (κ3) is 3.68. The Morgan fingerprint density at radius 1 is 1.38 bits per heavy atom. The molecule has 1 aliphatic rings. The van der Waals surface area contributed by atoms with E-state index in [4.69, 9.17) is 9.84 Å². The molecular formula is C18H20FN3O4. The molecule has 1 aromatic carbocycles. The third-order valence-corrected chi connectivity index (χ3v) is 4.49. The maximum atomic E-state index is 14.2. The molecule has 0 unspecified atom stereocenters. The molecule has 1 N–H and O–H groups in total. The van der Waals surface area contributed by atoms with Gasteiger partial charge in [0.05, 0.1) is 12.8 Å². The largest absolute Gasteiger partial charge is 0.496 e. The van der Waals surface area contributed by atoms with Crippen molar-refractivity contribution in [2.24, 2.45) is 0 Å². The highest BCUT2D eigenvalue weighted by molar-refractivity contribution is 5.97. The summed E-state index contributed by atoms with van der Waals surface area (Å²) < 4.78 is 20.7. The fourth-order valence-electron chi connectivity index (χ4n) is 3.26. The van der Waals surface area contributed by atoms with Gasteiger partial charge in [-0.15, -0.1) is 0 Å². The van der Waals surface area contributed by atoms with Gasteiger partial charge >= 0.3 is 5.97 Å². The summed E-state index contributed by atoms with van der Waals surface area (Å²) >= 11 is 0. The van der Waals surface area contributed by atoms with Gasteiger partial charge < -0.3 is 14.7 Å². The van der Waals surface area contributed by atoms with Gasteiger partial charge in [-0.05, 0) is 31.0 Å². The van der Waals surface area contributed by atoms with E-state index in [-0.39, 0.29) is 23.8 Å². The van der Waals surface area contributed by atoms with E-state index in [2.05, 4.69) is 5.10 Å². The molecule has 138 valence electrons. The number of methoxy groups -OCH3 is 1. The summed E-state index contributed by atoms with van der Waals surface area (Å²) in [6.07, 6.45) is 3.21. The molecular weight excluding hydrogens is 341 g/mol. The van der Waals surface area contributed by atoms with Crippen molar-refractivity contribution < 1.29 is 23.8 Å². The van der Waals surface area contributed by atoms with Crippen LogP contribution in [0.4, 0.5) is 4.39 Å². The molecule has 0 bridgehead atoms.